The van der Waals surface area contributed by atoms with Crippen molar-refractivity contribution in [3.63, 3.8) is 0 Å². The van der Waals surface area contributed by atoms with Gasteiger partial charge < -0.3 is 14.4 Å². The third kappa shape index (κ3) is 3.93. The van der Waals surface area contributed by atoms with Crippen molar-refractivity contribution >= 4 is 17.7 Å². The first-order valence-electron chi connectivity index (χ1n) is 9.52. The minimum Gasteiger partial charge on any atom is -0.454 e. The van der Waals surface area contributed by atoms with Gasteiger partial charge >= 0.3 is 0 Å². The molecule has 8 heteroatoms. The van der Waals surface area contributed by atoms with Gasteiger partial charge in [-0.05, 0) is 44.2 Å². The van der Waals surface area contributed by atoms with Gasteiger partial charge in [-0.2, -0.15) is 0 Å². The van der Waals surface area contributed by atoms with Gasteiger partial charge in [0, 0.05) is 24.3 Å². The largest absolute Gasteiger partial charge is 0.454 e. The van der Waals surface area contributed by atoms with Gasteiger partial charge in [0.25, 0.3) is 0 Å². The summed E-state index contributed by atoms with van der Waals surface area (Å²) in [5.74, 6) is 2.50. The maximum absolute atomic E-state index is 12.4. The first kappa shape index (κ1) is 19.3. The van der Waals surface area contributed by atoms with E-state index in [0.29, 0.717) is 35.6 Å². The molecule has 4 rings (SSSR count). The van der Waals surface area contributed by atoms with Gasteiger partial charge in [-0.25, -0.2) is 0 Å². The highest BCUT2D eigenvalue weighted by Gasteiger charge is 2.21. The topological polar surface area (TPSA) is 69.5 Å². The summed E-state index contributed by atoms with van der Waals surface area (Å²) in [4.78, 5) is 14.3. The number of benzene rings is 2. The van der Waals surface area contributed by atoms with Crippen LogP contribution in [-0.2, 0) is 4.79 Å². The number of aromatic nitrogens is 3. The van der Waals surface area contributed by atoms with Crippen LogP contribution in [0.4, 0.5) is 0 Å². The smallest absolute Gasteiger partial charge is 0.233 e. The Morgan fingerprint density at radius 1 is 1.07 bits per heavy atom. The number of para-hydroxylation sites is 1. The van der Waals surface area contributed by atoms with Gasteiger partial charge in [-0.3, -0.25) is 9.36 Å². The number of thioether (sulfide) groups is 1. The van der Waals surface area contributed by atoms with Crippen LogP contribution in [0.5, 0.6) is 11.5 Å². The Morgan fingerprint density at radius 3 is 2.59 bits per heavy atom. The summed E-state index contributed by atoms with van der Waals surface area (Å²) in [5.41, 5.74) is 1.80. The highest BCUT2D eigenvalue weighted by molar-refractivity contribution is 7.99. The molecule has 2 aromatic carbocycles. The van der Waals surface area contributed by atoms with Crippen molar-refractivity contribution in [1.29, 1.82) is 0 Å². The van der Waals surface area contributed by atoms with Crippen LogP contribution >= 0.6 is 11.8 Å². The van der Waals surface area contributed by atoms with Crippen molar-refractivity contribution in [2.75, 3.05) is 25.6 Å². The number of amides is 1. The first-order valence-corrected chi connectivity index (χ1v) is 10.5. The van der Waals surface area contributed by atoms with E-state index >= 15 is 0 Å². The van der Waals surface area contributed by atoms with E-state index in [4.69, 9.17) is 9.47 Å². The van der Waals surface area contributed by atoms with Crippen molar-refractivity contribution in [2.24, 2.45) is 0 Å². The van der Waals surface area contributed by atoms with Gasteiger partial charge in [-0.15, -0.1) is 10.2 Å². The SMILES string of the molecule is CCN(CC)C(=O)CSc1nnc(-c2ccc3c(c2)OCO3)n1-c1ccccc1. The molecule has 0 fully saturated rings. The minimum absolute atomic E-state index is 0.0900. The minimum atomic E-state index is 0.0900. The lowest BCUT2D eigenvalue weighted by atomic mass is 10.2. The Balaban J connectivity index is 1.69. The van der Waals surface area contributed by atoms with Gasteiger partial charge in [0.1, 0.15) is 0 Å². The van der Waals surface area contributed by atoms with Crippen LogP contribution in [0.3, 0.4) is 0 Å². The zero-order chi connectivity index (χ0) is 20.2. The molecule has 0 saturated heterocycles. The van der Waals surface area contributed by atoms with E-state index in [9.17, 15) is 4.79 Å². The first-order chi connectivity index (χ1) is 14.2. The lowest BCUT2D eigenvalue weighted by Crippen LogP contribution is -2.31. The molecule has 0 saturated carbocycles. The van der Waals surface area contributed by atoms with Gasteiger partial charge in [-0.1, -0.05) is 30.0 Å². The predicted molar refractivity (Wildman–Crippen MR) is 112 cm³/mol. The molecule has 0 unspecified atom stereocenters. The van der Waals surface area contributed by atoms with E-state index in [-0.39, 0.29) is 12.7 Å². The van der Waals surface area contributed by atoms with Gasteiger partial charge in [0.2, 0.25) is 12.7 Å². The Kier molecular flexibility index (Phi) is 5.71. The third-order valence-corrected chi connectivity index (χ3v) is 5.63. The predicted octanol–water partition coefficient (Wildman–Crippen LogP) is 3.62. The number of hydrogen-bond acceptors (Lipinski definition) is 6. The zero-order valence-corrected chi connectivity index (χ0v) is 17.2. The molecule has 1 amide bonds. The van der Waals surface area contributed by atoms with Crippen molar-refractivity contribution in [2.45, 2.75) is 19.0 Å². The Hall–Kier alpha value is -3.00. The summed E-state index contributed by atoms with van der Waals surface area (Å²) in [6, 6.07) is 15.6. The zero-order valence-electron chi connectivity index (χ0n) is 16.4. The van der Waals surface area contributed by atoms with E-state index in [0.717, 1.165) is 17.0 Å². The molecule has 7 nitrogen and oxygen atoms in total. The van der Waals surface area contributed by atoms with E-state index in [1.807, 2.05) is 71.8 Å². The number of carbonyl (C=O) groups excluding carboxylic acids is 1. The summed E-state index contributed by atoms with van der Waals surface area (Å²) in [7, 11) is 0. The van der Waals surface area contributed by atoms with Crippen LogP contribution in [-0.4, -0.2) is 51.2 Å². The summed E-state index contributed by atoms with van der Waals surface area (Å²) in [6.07, 6.45) is 0. The number of nitrogens with zero attached hydrogens (tertiary/aromatic N) is 4. The molecule has 0 spiro atoms. The van der Waals surface area contributed by atoms with E-state index in [1.54, 1.807) is 0 Å². The molecular weight excluding hydrogens is 388 g/mol. The lowest BCUT2D eigenvalue weighted by molar-refractivity contribution is -0.127. The Bertz CT molecular complexity index is 1000. The summed E-state index contributed by atoms with van der Waals surface area (Å²) >= 11 is 1.39. The van der Waals surface area contributed by atoms with Crippen LogP contribution in [0.2, 0.25) is 0 Å². The highest BCUT2D eigenvalue weighted by Crippen LogP contribution is 2.37. The normalized spacial score (nSPS) is 12.2. The fourth-order valence-corrected chi connectivity index (χ4v) is 4.04. The molecule has 3 aromatic rings. The molecule has 150 valence electrons. The molecule has 1 aromatic heterocycles. The number of hydrogen-bond donors (Lipinski definition) is 0. The van der Waals surface area contributed by atoms with Crippen LogP contribution in [0.1, 0.15) is 13.8 Å². The fourth-order valence-electron chi connectivity index (χ4n) is 3.19. The molecule has 0 atom stereocenters. The van der Waals surface area contributed by atoms with Crippen molar-refractivity contribution in [1.82, 2.24) is 19.7 Å². The quantitative estimate of drug-likeness (QED) is 0.554. The second-order valence-electron chi connectivity index (χ2n) is 6.40. The molecule has 2 heterocycles. The van der Waals surface area contributed by atoms with E-state index < -0.39 is 0 Å². The molecule has 1 aliphatic rings. The van der Waals surface area contributed by atoms with Crippen LogP contribution in [0.25, 0.3) is 17.1 Å². The molecule has 0 radical (unpaired) electrons. The monoisotopic (exact) mass is 410 g/mol. The van der Waals surface area contributed by atoms with Gasteiger partial charge in [0.05, 0.1) is 5.75 Å². The summed E-state index contributed by atoms with van der Waals surface area (Å²) in [5, 5.41) is 9.47. The molecule has 0 N–H and O–H groups in total. The standard InChI is InChI=1S/C21H22N4O3S/c1-3-24(4-2)19(26)13-29-21-23-22-20(25(21)16-8-6-5-7-9-16)15-10-11-17-18(12-15)28-14-27-17/h5-12H,3-4,13-14H2,1-2H3. The van der Waals surface area contributed by atoms with Crippen molar-refractivity contribution in [3.8, 4) is 28.6 Å². The Morgan fingerprint density at radius 2 is 1.83 bits per heavy atom. The van der Waals surface area contributed by atoms with Crippen LogP contribution < -0.4 is 9.47 Å². The third-order valence-electron chi connectivity index (χ3n) is 4.72. The van der Waals surface area contributed by atoms with Crippen molar-refractivity contribution in [3.05, 3.63) is 48.5 Å². The summed E-state index contributed by atoms with van der Waals surface area (Å²) in [6.45, 7) is 5.58. The molecule has 0 bridgehead atoms. The fraction of sp³-hybridized carbons (Fsp3) is 0.286. The molecule has 1 aliphatic heterocycles. The number of rotatable bonds is 7. The van der Waals surface area contributed by atoms with Crippen LogP contribution in [0, 0.1) is 0 Å². The second-order valence-corrected chi connectivity index (χ2v) is 7.34. The number of fused-ring (bicyclic) bond motifs is 1. The lowest BCUT2D eigenvalue weighted by Gasteiger charge is -2.18. The summed E-state index contributed by atoms with van der Waals surface area (Å²) < 4.78 is 12.9. The Labute approximate surface area is 173 Å². The van der Waals surface area contributed by atoms with Gasteiger partial charge in [0.15, 0.2) is 22.5 Å². The van der Waals surface area contributed by atoms with Crippen molar-refractivity contribution < 1.29 is 14.3 Å². The molecule has 0 aliphatic carbocycles. The molecule has 29 heavy (non-hydrogen) atoms. The molecular formula is C21H22N4O3S. The second kappa shape index (κ2) is 8.57. The van der Waals surface area contributed by atoms with Crippen LogP contribution in [0.15, 0.2) is 53.7 Å². The average Bonchev–Trinajstić information content (AvgIpc) is 3.40. The maximum Gasteiger partial charge on any atom is 0.233 e. The van der Waals surface area contributed by atoms with E-state index in [2.05, 4.69) is 10.2 Å². The van der Waals surface area contributed by atoms with E-state index in [1.165, 1.54) is 11.8 Å². The average molecular weight is 410 g/mol. The highest BCUT2D eigenvalue weighted by atomic mass is 32.2. The maximum atomic E-state index is 12.4. The number of ether oxygens (including phenoxy) is 2. The number of carbonyl (C=O) groups is 1.